The van der Waals surface area contributed by atoms with Gasteiger partial charge in [0.25, 0.3) is 0 Å². The van der Waals surface area contributed by atoms with E-state index in [1.165, 1.54) is 122 Å². The first-order chi connectivity index (χ1) is 30.0. The molecular weight excluding hydrogens is 755 g/mol. The number of rotatable bonds is 46. The monoisotopic (exact) mass is 854 g/mol. The van der Waals surface area contributed by atoms with Crippen LogP contribution in [0.4, 0.5) is 0 Å². The van der Waals surface area contributed by atoms with Crippen LogP contribution in [0.2, 0.25) is 0 Å². The van der Waals surface area contributed by atoms with Crippen LogP contribution < -0.4 is 5.32 Å². The molecule has 0 saturated heterocycles. The van der Waals surface area contributed by atoms with Gasteiger partial charge >= 0.3 is 5.97 Å². The van der Waals surface area contributed by atoms with Crippen LogP contribution in [0.1, 0.15) is 252 Å². The minimum atomic E-state index is -0.793. The third kappa shape index (κ3) is 44.0. The van der Waals surface area contributed by atoms with E-state index in [9.17, 15) is 19.8 Å². The second-order valence-electron chi connectivity index (χ2n) is 17.6. The Bertz CT molecular complexity index is 1090. The van der Waals surface area contributed by atoms with Crippen LogP contribution in [0.5, 0.6) is 0 Å². The molecule has 0 aliphatic rings. The van der Waals surface area contributed by atoms with Crippen molar-refractivity contribution in [3.8, 4) is 0 Å². The molecule has 0 aliphatic heterocycles. The summed E-state index contributed by atoms with van der Waals surface area (Å²) in [6, 6.07) is -0.708. The first kappa shape index (κ1) is 58.6. The molecule has 0 spiro atoms. The summed E-state index contributed by atoms with van der Waals surface area (Å²) in [6.45, 7) is 6.33. The van der Waals surface area contributed by atoms with Crippen LogP contribution in [-0.4, -0.2) is 46.9 Å². The van der Waals surface area contributed by atoms with Crippen LogP contribution in [-0.2, 0) is 14.3 Å². The molecule has 0 rings (SSSR count). The van der Waals surface area contributed by atoms with E-state index in [1.54, 1.807) is 0 Å². The molecule has 6 nitrogen and oxygen atoms in total. The number of aliphatic hydroxyl groups excluding tert-OH is 2. The summed E-state index contributed by atoms with van der Waals surface area (Å²) in [4.78, 5) is 26.1. The Morgan fingerprint density at radius 1 is 0.492 bits per heavy atom. The van der Waals surface area contributed by atoms with E-state index >= 15 is 0 Å². The van der Waals surface area contributed by atoms with Crippen molar-refractivity contribution in [3.05, 3.63) is 60.8 Å². The zero-order valence-electron chi connectivity index (χ0n) is 40.3. The van der Waals surface area contributed by atoms with E-state index < -0.39 is 18.2 Å². The van der Waals surface area contributed by atoms with Gasteiger partial charge in [-0.15, -0.1) is 0 Å². The molecule has 0 aromatic heterocycles. The second-order valence-corrected chi connectivity index (χ2v) is 17.6. The number of unbranched alkanes of at least 4 members (excludes halogenated alkanes) is 27. The zero-order chi connectivity index (χ0) is 44.5. The number of aliphatic hydroxyl groups is 2. The number of esters is 1. The second kappa shape index (κ2) is 48.6. The van der Waals surface area contributed by atoms with Gasteiger partial charge in [-0.1, -0.05) is 229 Å². The average Bonchev–Trinajstić information content (AvgIpc) is 3.25. The van der Waals surface area contributed by atoms with E-state index in [0.29, 0.717) is 19.3 Å². The van der Waals surface area contributed by atoms with Crippen LogP contribution in [0.25, 0.3) is 0 Å². The largest absolute Gasteiger partial charge is 0.462 e. The molecule has 3 atom stereocenters. The summed E-state index contributed by atoms with van der Waals surface area (Å²) in [5.41, 5.74) is 0. The lowest BCUT2D eigenvalue weighted by Crippen LogP contribution is -2.46. The van der Waals surface area contributed by atoms with Gasteiger partial charge in [0.15, 0.2) is 0 Å². The van der Waals surface area contributed by atoms with Crippen LogP contribution >= 0.6 is 0 Å². The molecule has 0 aliphatic carbocycles. The highest BCUT2D eigenvalue weighted by Gasteiger charge is 2.24. The van der Waals surface area contributed by atoms with Crippen LogP contribution in [0.15, 0.2) is 60.8 Å². The molecule has 0 fully saturated rings. The fraction of sp³-hybridized carbons (Fsp3) is 0.782. The van der Waals surface area contributed by atoms with Gasteiger partial charge in [-0.25, -0.2) is 0 Å². The average molecular weight is 854 g/mol. The van der Waals surface area contributed by atoms with Crippen molar-refractivity contribution in [2.75, 3.05) is 6.61 Å². The lowest BCUT2D eigenvalue weighted by atomic mass is 10.0. The maximum absolute atomic E-state index is 13.2. The van der Waals surface area contributed by atoms with E-state index in [0.717, 1.165) is 83.5 Å². The molecule has 0 bridgehead atoms. The fourth-order valence-corrected chi connectivity index (χ4v) is 7.73. The van der Waals surface area contributed by atoms with E-state index in [2.05, 4.69) is 68.6 Å². The predicted molar refractivity (Wildman–Crippen MR) is 264 cm³/mol. The third-order valence-electron chi connectivity index (χ3n) is 11.7. The SMILES string of the molecule is CC/C=C/C=C/C=C/C=C\CCCCCCCC(=O)OC(CCCCCCCCC/C=C/CCCCCCCC)CC(=O)NC(CO)C(O)CCCCCCCCCCCC. The molecule has 0 aromatic rings. The molecule has 0 saturated carbocycles. The summed E-state index contributed by atoms with van der Waals surface area (Å²) in [5.74, 6) is -0.502. The number of allylic oxidation sites excluding steroid dienone is 10. The maximum atomic E-state index is 13.2. The third-order valence-corrected chi connectivity index (χ3v) is 11.7. The Balaban J connectivity index is 4.63. The van der Waals surface area contributed by atoms with Crippen molar-refractivity contribution in [3.63, 3.8) is 0 Å². The van der Waals surface area contributed by atoms with Crippen molar-refractivity contribution in [2.24, 2.45) is 0 Å². The van der Waals surface area contributed by atoms with Gasteiger partial charge in [0.05, 0.1) is 25.2 Å². The number of nitrogens with one attached hydrogen (secondary N) is 1. The fourth-order valence-electron chi connectivity index (χ4n) is 7.73. The Hall–Kier alpha value is -2.44. The number of carbonyl (C=O) groups excluding carboxylic acids is 2. The molecule has 0 aromatic carbocycles. The van der Waals surface area contributed by atoms with Gasteiger partial charge in [-0.2, -0.15) is 0 Å². The predicted octanol–water partition coefficient (Wildman–Crippen LogP) is 15.6. The van der Waals surface area contributed by atoms with Crippen molar-refractivity contribution in [1.29, 1.82) is 0 Å². The number of ether oxygens (including phenoxy) is 1. The van der Waals surface area contributed by atoms with Gasteiger partial charge in [0.2, 0.25) is 5.91 Å². The Kier molecular flexibility index (Phi) is 46.6. The molecule has 6 heteroatoms. The van der Waals surface area contributed by atoms with Gasteiger partial charge in [-0.3, -0.25) is 9.59 Å². The quantitative estimate of drug-likeness (QED) is 0.0245. The van der Waals surface area contributed by atoms with Crippen molar-refractivity contribution >= 4 is 11.9 Å². The maximum Gasteiger partial charge on any atom is 0.306 e. The lowest BCUT2D eigenvalue weighted by molar-refractivity contribution is -0.151. The highest BCUT2D eigenvalue weighted by Crippen LogP contribution is 2.18. The van der Waals surface area contributed by atoms with E-state index in [4.69, 9.17) is 4.74 Å². The highest BCUT2D eigenvalue weighted by molar-refractivity contribution is 5.77. The Labute approximate surface area is 378 Å². The molecule has 3 unspecified atom stereocenters. The van der Waals surface area contributed by atoms with Crippen LogP contribution in [0.3, 0.4) is 0 Å². The summed E-state index contributed by atoms with van der Waals surface area (Å²) in [5, 5.41) is 23.7. The van der Waals surface area contributed by atoms with Gasteiger partial charge in [-0.05, 0) is 70.6 Å². The van der Waals surface area contributed by atoms with Gasteiger partial charge < -0.3 is 20.3 Å². The molecule has 3 N–H and O–H groups in total. The number of carbonyl (C=O) groups is 2. The first-order valence-corrected chi connectivity index (χ1v) is 26.1. The first-order valence-electron chi connectivity index (χ1n) is 26.1. The lowest BCUT2D eigenvalue weighted by Gasteiger charge is -2.24. The topological polar surface area (TPSA) is 95.9 Å². The van der Waals surface area contributed by atoms with Gasteiger partial charge in [0, 0.05) is 6.42 Å². The molecule has 0 heterocycles. The highest BCUT2D eigenvalue weighted by atomic mass is 16.5. The number of hydrogen-bond acceptors (Lipinski definition) is 5. The summed E-state index contributed by atoms with van der Waals surface area (Å²) in [7, 11) is 0. The molecule has 1 amide bonds. The molecule has 0 radical (unpaired) electrons. The summed E-state index contributed by atoms with van der Waals surface area (Å²) < 4.78 is 5.93. The normalized spacial score (nSPS) is 13.7. The molecule has 61 heavy (non-hydrogen) atoms. The smallest absolute Gasteiger partial charge is 0.306 e. The standard InChI is InChI=1S/C55H99NO5/c1-4-7-10-13-16-19-22-24-26-27-29-30-32-34-37-40-43-46-51(61-55(60)48-45-42-39-36-33-31-28-25-23-20-17-14-11-8-5-2)49-54(59)56-52(50-57)53(58)47-44-41-38-35-21-18-15-12-9-6-3/h8,11,14,17,20,23-26,28,51-53,57-58H,4-7,9-10,12-13,15-16,18-19,21-22,27,29-50H2,1-3H3,(H,56,59)/b11-8+,17-14+,23-20+,26-24+,28-25-. The summed E-state index contributed by atoms with van der Waals surface area (Å²) >= 11 is 0. The van der Waals surface area contributed by atoms with Crippen molar-refractivity contribution < 1.29 is 24.5 Å². The van der Waals surface area contributed by atoms with Crippen molar-refractivity contribution in [2.45, 2.75) is 270 Å². The summed E-state index contributed by atoms with van der Waals surface area (Å²) in [6.07, 6.45) is 59.9. The molecular formula is C55H99NO5. The van der Waals surface area contributed by atoms with E-state index in [-0.39, 0.29) is 24.9 Å². The van der Waals surface area contributed by atoms with Gasteiger partial charge in [0.1, 0.15) is 6.10 Å². The Morgan fingerprint density at radius 2 is 0.902 bits per heavy atom. The number of hydrogen-bond donors (Lipinski definition) is 3. The minimum absolute atomic E-state index is 0.0640. The zero-order valence-corrected chi connectivity index (χ0v) is 40.3. The van der Waals surface area contributed by atoms with Crippen LogP contribution in [0, 0.1) is 0 Å². The minimum Gasteiger partial charge on any atom is -0.462 e. The Morgan fingerprint density at radius 3 is 1.39 bits per heavy atom. The molecule has 354 valence electrons. The van der Waals surface area contributed by atoms with E-state index in [1.807, 2.05) is 18.2 Å². The number of amides is 1. The van der Waals surface area contributed by atoms with Crippen molar-refractivity contribution in [1.82, 2.24) is 5.32 Å².